The van der Waals surface area contributed by atoms with Crippen molar-refractivity contribution in [3.63, 3.8) is 0 Å². The number of rotatable bonds is 5. The van der Waals surface area contributed by atoms with Crippen molar-refractivity contribution >= 4 is 6.29 Å². The van der Waals surface area contributed by atoms with Crippen LogP contribution in [0, 0.1) is 5.92 Å². The van der Waals surface area contributed by atoms with Crippen LogP contribution in [0.3, 0.4) is 0 Å². The molecule has 0 aliphatic heterocycles. The lowest BCUT2D eigenvalue weighted by Crippen LogP contribution is -2.02. The van der Waals surface area contributed by atoms with Gasteiger partial charge in [0.05, 0.1) is 6.61 Å². The van der Waals surface area contributed by atoms with E-state index in [1.54, 1.807) is 0 Å². The Morgan fingerprint density at radius 2 is 2.54 bits per heavy atom. The summed E-state index contributed by atoms with van der Waals surface area (Å²) in [5.74, 6) is 1.49. The fourth-order valence-electron chi connectivity index (χ4n) is 1.41. The summed E-state index contributed by atoms with van der Waals surface area (Å²) in [4.78, 5) is 10.2. The number of hydrogen-bond donors (Lipinski definition) is 0. The van der Waals surface area contributed by atoms with Crippen molar-refractivity contribution in [2.24, 2.45) is 5.92 Å². The molecule has 0 aromatic carbocycles. The second-order valence-corrected chi connectivity index (χ2v) is 3.14. The van der Waals surface area contributed by atoms with Crippen LogP contribution < -0.4 is 0 Å². The number of aldehydes is 1. The summed E-state index contributed by atoms with van der Waals surface area (Å²) in [6.45, 7) is 2.70. The average Bonchev–Trinajstić information content (AvgIpc) is 2.17. The lowest BCUT2D eigenvalue weighted by molar-refractivity contribution is -0.108. The monoisotopic (exact) mass is 180 g/mol. The normalized spacial score (nSPS) is 21.0. The molecule has 0 N–H and O–H groups in total. The third kappa shape index (κ3) is 3.45. The van der Waals surface area contributed by atoms with Crippen LogP contribution in [0.25, 0.3) is 0 Å². The SMILES string of the molecule is CCOC1=CCC(CCC=O)C=C1. The Hall–Kier alpha value is -1.05. The Balaban J connectivity index is 2.30. The molecule has 2 heteroatoms. The Morgan fingerprint density at radius 3 is 3.08 bits per heavy atom. The van der Waals surface area contributed by atoms with E-state index in [0.717, 1.165) is 31.5 Å². The molecule has 72 valence electrons. The molecule has 0 aromatic rings. The fourth-order valence-corrected chi connectivity index (χ4v) is 1.41. The number of hydrogen-bond acceptors (Lipinski definition) is 2. The molecule has 0 spiro atoms. The third-order valence-corrected chi connectivity index (χ3v) is 2.12. The molecule has 0 amide bonds. The molecule has 0 fully saturated rings. The minimum atomic E-state index is 0.523. The first-order valence-electron chi connectivity index (χ1n) is 4.81. The summed E-state index contributed by atoms with van der Waals surface area (Å²) < 4.78 is 5.34. The largest absolute Gasteiger partial charge is 0.494 e. The molecule has 0 radical (unpaired) electrons. The second kappa shape index (κ2) is 5.57. The second-order valence-electron chi connectivity index (χ2n) is 3.14. The first-order chi connectivity index (χ1) is 6.36. The fraction of sp³-hybridized carbons (Fsp3) is 0.545. The summed E-state index contributed by atoms with van der Waals surface area (Å²) in [5, 5.41) is 0. The molecule has 0 heterocycles. The third-order valence-electron chi connectivity index (χ3n) is 2.12. The van der Waals surface area contributed by atoms with Gasteiger partial charge in [0.15, 0.2) is 0 Å². The van der Waals surface area contributed by atoms with Crippen molar-refractivity contribution in [2.45, 2.75) is 26.2 Å². The molecule has 0 saturated heterocycles. The zero-order valence-electron chi connectivity index (χ0n) is 8.03. The molecule has 0 saturated carbocycles. The van der Waals surface area contributed by atoms with Crippen molar-refractivity contribution in [3.8, 4) is 0 Å². The van der Waals surface area contributed by atoms with Crippen LogP contribution in [0.4, 0.5) is 0 Å². The Morgan fingerprint density at radius 1 is 1.69 bits per heavy atom. The predicted molar refractivity (Wildman–Crippen MR) is 52.3 cm³/mol. The minimum absolute atomic E-state index is 0.523. The van der Waals surface area contributed by atoms with E-state index < -0.39 is 0 Å². The molecule has 1 rings (SSSR count). The van der Waals surface area contributed by atoms with Crippen LogP contribution in [0.2, 0.25) is 0 Å². The van der Waals surface area contributed by atoms with Crippen LogP contribution in [0.15, 0.2) is 24.0 Å². The smallest absolute Gasteiger partial charge is 0.120 e. The maximum atomic E-state index is 10.2. The number of carbonyl (C=O) groups excluding carboxylic acids is 1. The van der Waals surface area contributed by atoms with Crippen LogP contribution in [0.1, 0.15) is 26.2 Å². The van der Waals surface area contributed by atoms with Gasteiger partial charge in [-0.05, 0) is 37.8 Å². The van der Waals surface area contributed by atoms with Crippen molar-refractivity contribution in [1.29, 1.82) is 0 Å². The summed E-state index contributed by atoms with van der Waals surface area (Å²) >= 11 is 0. The highest BCUT2D eigenvalue weighted by Crippen LogP contribution is 2.20. The lowest BCUT2D eigenvalue weighted by atomic mass is 9.95. The van der Waals surface area contributed by atoms with Gasteiger partial charge >= 0.3 is 0 Å². The average molecular weight is 180 g/mol. The van der Waals surface area contributed by atoms with E-state index in [1.807, 2.05) is 13.0 Å². The van der Waals surface area contributed by atoms with Gasteiger partial charge in [0.25, 0.3) is 0 Å². The quantitative estimate of drug-likeness (QED) is 0.607. The number of carbonyl (C=O) groups is 1. The van der Waals surface area contributed by atoms with E-state index in [4.69, 9.17) is 4.74 Å². The van der Waals surface area contributed by atoms with Gasteiger partial charge in [-0.15, -0.1) is 0 Å². The van der Waals surface area contributed by atoms with E-state index >= 15 is 0 Å². The summed E-state index contributed by atoms with van der Waals surface area (Å²) in [6.07, 6.45) is 9.83. The van der Waals surface area contributed by atoms with Crippen LogP contribution in [-0.4, -0.2) is 12.9 Å². The molecule has 1 atom stereocenters. The summed E-state index contributed by atoms with van der Waals surface area (Å²) in [7, 11) is 0. The molecule has 1 unspecified atom stereocenters. The summed E-state index contributed by atoms with van der Waals surface area (Å²) in [6, 6.07) is 0. The van der Waals surface area contributed by atoms with Gasteiger partial charge in [-0.2, -0.15) is 0 Å². The molecule has 0 aromatic heterocycles. The van der Waals surface area contributed by atoms with Crippen molar-refractivity contribution in [1.82, 2.24) is 0 Å². The molecule has 13 heavy (non-hydrogen) atoms. The zero-order valence-corrected chi connectivity index (χ0v) is 8.03. The maximum Gasteiger partial charge on any atom is 0.120 e. The molecular formula is C11H16O2. The number of ether oxygens (including phenoxy) is 1. The topological polar surface area (TPSA) is 26.3 Å². The predicted octanol–water partition coefficient (Wildman–Crippen LogP) is 2.46. The van der Waals surface area contributed by atoms with Gasteiger partial charge in [-0.25, -0.2) is 0 Å². The highest BCUT2D eigenvalue weighted by molar-refractivity contribution is 5.49. The van der Waals surface area contributed by atoms with Gasteiger partial charge in [-0.3, -0.25) is 0 Å². The molecule has 1 aliphatic rings. The van der Waals surface area contributed by atoms with E-state index in [-0.39, 0.29) is 0 Å². The lowest BCUT2D eigenvalue weighted by Gasteiger charge is -2.14. The van der Waals surface area contributed by atoms with Gasteiger partial charge in [0, 0.05) is 6.42 Å². The van der Waals surface area contributed by atoms with E-state index in [1.165, 1.54) is 0 Å². The molecular weight excluding hydrogens is 164 g/mol. The van der Waals surface area contributed by atoms with Crippen molar-refractivity contribution in [2.75, 3.05) is 6.61 Å². The minimum Gasteiger partial charge on any atom is -0.494 e. The first-order valence-corrected chi connectivity index (χ1v) is 4.81. The molecule has 2 nitrogen and oxygen atoms in total. The zero-order chi connectivity index (χ0) is 9.52. The van der Waals surface area contributed by atoms with Gasteiger partial charge in [0.2, 0.25) is 0 Å². The van der Waals surface area contributed by atoms with Gasteiger partial charge in [0.1, 0.15) is 12.0 Å². The number of allylic oxidation sites excluding steroid dienone is 3. The first kappa shape index (κ1) is 10.0. The van der Waals surface area contributed by atoms with E-state index in [0.29, 0.717) is 12.3 Å². The highest BCUT2D eigenvalue weighted by Gasteiger charge is 2.08. The Kier molecular flexibility index (Phi) is 4.30. The van der Waals surface area contributed by atoms with E-state index in [9.17, 15) is 4.79 Å². The highest BCUT2D eigenvalue weighted by atomic mass is 16.5. The van der Waals surface area contributed by atoms with Gasteiger partial charge in [-0.1, -0.05) is 6.08 Å². The molecule has 1 aliphatic carbocycles. The van der Waals surface area contributed by atoms with Gasteiger partial charge < -0.3 is 9.53 Å². The maximum absolute atomic E-state index is 10.2. The van der Waals surface area contributed by atoms with Crippen molar-refractivity contribution in [3.05, 3.63) is 24.0 Å². The Bertz CT molecular complexity index is 216. The van der Waals surface area contributed by atoms with Crippen LogP contribution in [-0.2, 0) is 9.53 Å². The van der Waals surface area contributed by atoms with Crippen LogP contribution in [0.5, 0.6) is 0 Å². The standard InChI is InChI=1S/C11H16O2/c1-2-13-11-7-5-10(6-8-11)4-3-9-12/h5,7-10H,2-4,6H2,1H3. The summed E-state index contributed by atoms with van der Waals surface area (Å²) in [5.41, 5.74) is 0. The molecule has 0 bridgehead atoms. The van der Waals surface area contributed by atoms with E-state index in [2.05, 4.69) is 12.2 Å². The van der Waals surface area contributed by atoms with Crippen LogP contribution >= 0.6 is 0 Å². The Labute approximate surface area is 79.3 Å². The van der Waals surface area contributed by atoms with Crippen molar-refractivity contribution < 1.29 is 9.53 Å².